The SMILES string of the molecule is CC(=O)c1cc(Oc2ccc(C)cc2)ccc1N. The molecule has 0 amide bonds. The Morgan fingerprint density at radius 1 is 1.06 bits per heavy atom. The van der Waals surface area contributed by atoms with Crippen LogP contribution in [0.3, 0.4) is 0 Å². The van der Waals surface area contributed by atoms with Crippen molar-refractivity contribution in [2.45, 2.75) is 13.8 Å². The number of rotatable bonds is 3. The van der Waals surface area contributed by atoms with Crippen LogP contribution in [0.5, 0.6) is 11.5 Å². The molecule has 0 saturated heterocycles. The Balaban J connectivity index is 2.27. The summed E-state index contributed by atoms with van der Waals surface area (Å²) in [4.78, 5) is 11.4. The molecule has 3 nitrogen and oxygen atoms in total. The molecule has 0 fully saturated rings. The summed E-state index contributed by atoms with van der Waals surface area (Å²) in [6, 6.07) is 12.8. The van der Waals surface area contributed by atoms with Crippen LogP contribution in [-0.4, -0.2) is 5.78 Å². The topological polar surface area (TPSA) is 52.3 Å². The lowest BCUT2D eigenvalue weighted by Gasteiger charge is -2.08. The molecule has 3 heteroatoms. The van der Waals surface area contributed by atoms with Gasteiger partial charge in [0.25, 0.3) is 0 Å². The lowest BCUT2D eigenvalue weighted by atomic mass is 10.1. The molecular formula is C15H15NO2. The summed E-state index contributed by atoms with van der Waals surface area (Å²) in [5, 5.41) is 0. The smallest absolute Gasteiger partial charge is 0.162 e. The average molecular weight is 241 g/mol. The minimum Gasteiger partial charge on any atom is -0.457 e. The third kappa shape index (κ3) is 2.69. The molecule has 0 bridgehead atoms. The first-order chi connectivity index (χ1) is 8.56. The van der Waals surface area contributed by atoms with Crippen LogP contribution in [0.25, 0.3) is 0 Å². The minimum absolute atomic E-state index is 0.0677. The standard InChI is InChI=1S/C15H15NO2/c1-10-3-5-12(6-4-10)18-13-7-8-15(16)14(9-13)11(2)17/h3-9H,16H2,1-2H3. The summed E-state index contributed by atoms with van der Waals surface area (Å²) in [6.45, 7) is 3.50. The second kappa shape index (κ2) is 4.92. The molecule has 0 aromatic heterocycles. The van der Waals surface area contributed by atoms with E-state index in [1.807, 2.05) is 31.2 Å². The van der Waals surface area contributed by atoms with E-state index in [9.17, 15) is 4.79 Å². The van der Waals surface area contributed by atoms with Gasteiger partial charge in [-0.25, -0.2) is 0 Å². The number of nitrogens with two attached hydrogens (primary N) is 1. The Bertz CT molecular complexity index is 574. The van der Waals surface area contributed by atoms with Gasteiger partial charge in [-0.3, -0.25) is 4.79 Å². The molecule has 0 spiro atoms. The van der Waals surface area contributed by atoms with Gasteiger partial charge < -0.3 is 10.5 Å². The van der Waals surface area contributed by atoms with E-state index < -0.39 is 0 Å². The maximum atomic E-state index is 11.4. The summed E-state index contributed by atoms with van der Waals surface area (Å²) in [7, 11) is 0. The van der Waals surface area contributed by atoms with Crippen LogP contribution in [-0.2, 0) is 0 Å². The number of benzene rings is 2. The fraction of sp³-hybridized carbons (Fsp3) is 0.133. The van der Waals surface area contributed by atoms with Gasteiger partial charge >= 0.3 is 0 Å². The van der Waals surface area contributed by atoms with E-state index in [-0.39, 0.29) is 5.78 Å². The second-order valence-corrected chi connectivity index (χ2v) is 4.22. The number of Topliss-reactive ketones (excluding diaryl/α,β-unsaturated/α-hetero) is 1. The minimum atomic E-state index is -0.0677. The molecule has 0 saturated carbocycles. The quantitative estimate of drug-likeness (QED) is 0.660. The maximum absolute atomic E-state index is 11.4. The molecule has 0 atom stereocenters. The highest BCUT2D eigenvalue weighted by Gasteiger charge is 2.07. The molecule has 0 aliphatic rings. The summed E-state index contributed by atoms with van der Waals surface area (Å²) in [6.07, 6.45) is 0. The van der Waals surface area contributed by atoms with E-state index in [2.05, 4.69) is 0 Å². The van der Waals surface area contributed by atoms with Crippen molar-refractivity contribution in [3.63, 3.8) is 0 Å². The molecule has 0 heterocycles. The van der Waals surface area contributed by atoms with Crippen LogP contribution >= 0.6 is 0 Å². The van der Waals surface area contributed by atoms with Gasteiger partial charge in [0.2, 0.25) is 0 Å². The molecule has 0 aliphatic heterocycles. The number of aryl methyl sites for hydroxylation is 1. The normalized spacial score (nSPS) is 10.1. The van der Waals surface area contributed by atoms with Crippen LogP contribution in [0.1, 0.15) is 22.8 Å². The largest absolute Gasteiger partial charge is 0.457 e. The van der Waals surface area contributed by atoms with Crippen molar-refractivity contribution in [3.05, 3.63) is 53.6 Å². The van der Waals surface area contributed by atoms with Crippen molar-refractivity contribution >= 4 is 11.5 Å². The third-order valence-electron chi connectivity index (χ3n) is 2.66. The average Bonchev–Trinajstić information content (AvgIpc) is 2.34. The van der Waals surface area contributed by atoms with Gasteiger partial charge in [0.05, 0.1) is 0 Å². The zero-order chi connectivity index (χ0) is 13.1. The first-order valence-corrected chi connectivity index (χ1v) is 5.71. The van der Waals surface area contributed by atoms with Crippen molar-refractivity contribution in [1.82, 2.24) is 0 Å². The third-order valence-corrected chi connectivity index (χ3v) is 2.66. The Labute approximate surface area is 106 Å². The van der Waals surface area contributed by atoms with Crippen molar-refractivity contribution in [2.24, 2.45) is 0 Å². The van der Waals surface area contributed by atoms with E-state index in [1.54, 1.807) is 18.2 Å². The van der Waals surface area contributed by atoms with E-state index in [4.69, 9.17) is 10.5 Å². The van der Waals surface area contributed by atoms with Gasteiger partial charge in [-0.2, -0.15) is 0 Å². The number of hydrogen-bond acceptors (Lipinski definition) is 3. The lowest BCUT2D eigenvalue weighted by molar-refractivity contribution is 0.101. The highest BCUT2D eigenvalue weighted by Crippen LogP contribution is 2.25. The van der Waals surface area contributed by atoms with Crippen molar-refractivity contribution in [1.29, 1.82) is 0 Å². The maximum Gasteiger partial charge on any atom is 0.162 e. The van der Waals surface area contributed by atoms with Crippen molar-refractivity contribution in [3.8, 4) is 11.5 Å². The first-order valence-electron chi connectivity index (χ1n) is 5.71. The number of carbonyl (C=O) groups is 1. The van der Waals surface area contributed by atoms with Gasteiger partial charge in [-0.05, 0) is 44.2 Å². The Hall–Kier alpha value is -2.29. The molecule has 2 N–H and O–H groups in total. The van der Waals surface area contributed by atoms with Crippen molar-refractivity contribution in [2.75, 3.05) is 5.73 Å². The molecule has 2 aromatic carbocycles. The zero-order valence-corrected chi connectivity index (χ0v) is 10.4. The number of ketones is 1. The Morgan fingerprint density at radius 3 is 2.28 bits per heavy atom. The summed E-state index contributed by atoms with van der Waals surface area (Å²) in [5.41, 5.74) is 7.85. The summed E-state index contributed by atoms with van der Waals surface area (Å²) < 4.78 is 5.67. The first kappa shape index (κ1) is 12.2. The fourth-order valence-electron chi connectivity index (χ4n) is 1.65. The Kier molecular flexibility index (Phi) is 3.33. The number of carbonyl (C=O) groups excluding carboxylic acids is 1. The predicted molar refractivity (Wildman–Crippen MR) is 72.1 cm³/mol. The van der Waals surface area contributed by atoms with Gasteiger partial charge in [0.1, 0.15) is 11.5 Å². The molecule has 2 aromatic rings. The van der Waals surface area contributed by atoms with Crippen LogP contribution in [0.4, 0.5) is 5.69 Å². The highest BCUT2D eigenvalue weighted by atomic mass is 16.5. The van der Waals surface area contributed by atoms with Gasteiger partial charge in [0.15, 0.2) is 5.78 Å². The molecule has 2 rings (SSSR count). The lowest BCUT2D eigenvalue weighted by Crippen LogP contribution is -1.99. The number of ether oxygens (including phenoxy) is 1. The van der Waals surface area contributed by atoms with E-state index >= 15 is 0 Å². The highest BCUT2D eigenvalue weighted by molar-refractivity contribution is 5.99. The number of anilines is 1. The van der Waals surface area contributed by atoms with Gasteiger partial charge in [-0.1, -0.05) is 17.7 Å². The van der Waals surface area contributed by atoms with E-state index in [0.717, 1.165) is 5.75 Å². The molecular weight excluding hydrogens is 226 g/mol. The van der Waals surface area contributed by atoms with E-state index in [1.165, 1.54) is 12.5 Å². The molecule has 0 unspecified atom stereocenters. The molecule has 92 valence electrons. The number of hydrogen-bond donors (Lipinski definition) is 1. The van der Waals surface area contributed by atoms with Crippen LogP contribution < -0.4 is 10.5 Å². The molecule has 0 aliphatic carbocycles. The van der Waals surface area contributed by atoms with Crippen LogP contribution in [0.15, 0.2) is 42.5 Å². The monoisotopic (exact) mass is 241 g/mol. The predicted octanol–water partition coefficient (Wildman–Crippen LogP) is 3.57. The van der Waals surface area contributed by atoms with Crippen LogP contribution in [0, 0.1) is 6.92 Å². The zero-order valence-electron chi connectivity index (χ0n) is 10.4. The second-order valence-electron chi connectivity index (χ2n) is 4.22. The Morgan fingerprint density at radius 2 is 1.67 bits per heavy atom. The fourth-order valence-corrected chi connectivity index (χ4v) is 1.65. The summed E-state index contributed by atoms with van der Waals surface area (Å²) >= 11 is 0. The number of nitrogen functional groups attached to an aromatic ring is 1. The van der Waals surface area contributed by atoms with Crippen LogP contribution in [0.2, 0.25) is 0 Å². The van der Waals surface area contributed by atoms with Gasteiger partial charge in [-0.15, -0.1) is 0 Å². The van der Waals surface area contributed by atoms with Crippen molar-refractivity contribution < 1.29 is 9.53 Å². The summed E-state index contributed by atoms with van der Waals surface area (Å²) in [5.74, 6) is 1.28. The molecule has 0 radical (unpaired) electrons. The van der Waals surface area contributed by atoms with Gasteiger partial charge in [0, 0.05) is 11.3 Å². The molecule has 18 heavy (non-hydrogen) atoms. The van der Waals surface area contributed by atoms with E-state index in [0.29, 0.717) is 17.0 Å².